The fourth-order valence-electron chi connectivity index (χ4n) is 3.32. The van der Waals surface area contributed by atoms with E-state index in [0.29, 0.717) is 50.6 Å². The maximum Gasteiger partial charge on any atom is 0.243 e. The summed E-state index contributed by atoms with van der Waals surface area (Å²) in [5.74, 6) is 1.84. The van der Waals surface area contributed by atoms with Crippen LogP contribution in [0.3, 0.4) is 0 Å². The number of hydrogen-bond acceptors (Lipinski definition) is 7. The van der Waals surface area contributed by atoms with E-state index in [1.165, 1.54) is 10.6 Å². The van der Waals surface area contributed by atoms with E-state index in [1.54, 1.807) is 18.2 Å². The highest BCUT2D eigenvalue weighted by atomic mass is 32.2. The van der Waals surface area contributed by atoms with Crippen LogP contribution in [0.4, 0.5) is 5.82 Å². The number of benzene rings is 1. The number of piperidine rings is 1. The summed E-state index contributed by atoms with van der Waals surface area (Å²) in [4.78, 5) is 8.53. The van der Waals surface area contributed by atoms with E-state index >= 15 is 0 Å². The third kappa shape index (κ3) is 3.84. The predicted octanol–water partition coefficient (Wildman–Crippen LogP) is 1.82. The van der Waals surface area contributed by atoms with Crippen LogP contribution in [-0.2, 0) is 10.0 Å². The van der Waals surface area contributed by atoms with Gasteiger partial charge in [0, 0.05) is 37.0 Å². The van der Waals surface area contributed by atoms with Crippen molar-refractivity contribution >= 4 is 15.8 Å². The molecule has 4 rings (SSSR count). The predicted molar refractivity (Wildman–Crippen MR) is 99.6 cm³/mol. The maximum atomic E-state index is 13.0. The first-order valence-corrected chi connectivity index (χ1v) is 10.4. The van der Waals surface area contributed by atoms with Gasteiger partial charge in [0.1, 0.15) is 25.4 Å². The molecule has 144 valence electrons. The Morgan fingerprint density at radius 3 is 2.56 bits per heavy atom. The van der Waals surface area contributed by atoms with Crippen LogP contribution in [0.2, 0.25) is 0 Å². The van der Waals surface area contributed by atoms with Crippen molar-refractivity contribution in [2.75, 3.05) is 31.6 Å². The Kier molecular flexibility index (Phi) is 4.88. The van der Waals surface area contributed by atoms with E-state index in [2.05, 4.69) is 15.3 Å². The molecule has 9 heteroatoms. The first-order chi connectivity index (χ1) is 13.0. The van der Waals surface area contributed by atoms with E-state index in [-0.39, 0.29) is 10.9 Å². The lowest BCUT2D eigenvalue weighted by Crippen LogP contribution is -2.42. The topological polar surface area (TPSA) is 93.7 Å². The van der Waals surface area contributed by atoms with E-state index in [4.69, 9.17) is 9.47 Å². The minimum Gasteiger partial charge on any atom is -0.486 e. The zero-order valence-electron chi connectivity index (χ0n) is 15.1. The molecule has 2 aromatic rings. The number of sulfonamides is 1. The average Bonchev–Trinajstić information content (AvgIpc) is 2.68. The van der Waals surface area contributed by atoms with Gasteiger partial charge in [0.25, 0.3) is 0 Å². The fraction of sp³-hybridized carbons (Fsp3) is 0.444. The van der Waals surface area contributed by atoms with Crippen LogP contribution in [0.25, 0.3) is 0 Å². The molecule has 1 aromatic carbocycles. The molecule has 0 unspecified atom stereocenters. The third-order valence-electron chi connectivity index (χ3n) is 4.76. The summed E-state index contributed by atoms with van der Waals surface area (Å²) < 4.78 is 38.4. The average molecular weight is 390 g/mol. The summed E-state index contributed by atoms with van der Waals surface area (Å²) in [5, 5.41) is 3.37. The first kappa shape index (κ1) is 18.0. The highest BCUT2D eigenvalue weighted by Crippen LogP contribution is 2.33. The van der Waals surface area contributed by atoms with E-state index < -0.39 is 10.0 Å². The molecule has 2 aliphatic heterocycles. The monoisotopic (exact) mass is 390 g/mol. The number of aryl methyl sites for hydroxylation is 1. The van der Waals surface area contributed by atoms with Gasteiger partial charge in [0.05, 0.1) is 4.90 Å². The Hall–Kier alpha value is -2.39. The second-order valence-electron chi connectivity index (χ2n) is 6.67. The van der Waals surface area contributed by atoms with Crippen molar-refractivity contribution in [1.29, 1.82) is 0 Å². The fourth-order valence-corrected chi connectivity index (χ4v) is 4.80. The third-order valence-corrected chi connectivity index (χ3v) is 6.66. The molecule has 1 N–H and O–H groups in total. The van der Waals surface area contributed by atoms with E-state index in [9.17, 15) is 8.42 Å². The highest BCUT2D eigenvalue weighted by Gasteiger charge is 2.30. The molecule has 0 amide bonds. The Bertz CT molecular complexity index is 927. The molecule has 27 heavy (non-hydrogen) atoms. The molecular formula is C18H22N4O4S. The number of rotatable bonds is 4. The van der Waals surface area contributed by atoms with Crippen molar-refractivity contribution in [3.63, 3.8) is 0 Å². The molecule has 8 nitrogen and oxygen atoms in total. The van der Waals surface area contributed by atoms with Crippen molar-refractivity contribution in [3.05, 3.63) is 36.3 Å². The van der Waals surface area contributed by atoms with Gasteiger partial charge in [-0.2, -0.15) is 4.31 Å². The van der Waals surface area contributed by atoms with Crippen LogP contribution in [0.1, 0.15) is 18.5 Å². The molecule has 0 saturated carbocycles. The zero-order chi connectivity index (χ0) is 18.9. The lowest BCUT2D eigenvalue weighted by Gasteiger charge is -2.32. The minimum atomic E-state index is -3.55. The van der Waals surface area contributed by atoms with Gasteiger partial charge < -0.3 is 14.8 Å². The van der Waals surface area contributed by atoms with Crippen molar-refractivity contribution in [2.24, 2.45) is 0 Å². The largest absolute Gasteiger partial charge is 0.486 e. The number of hydrogen-bond donors (Lipinski definition) is 1. The Morgan fingerprint density at radius 1 is 1.07 bits per heavy atom. The minimum absolute atomic E-state index is 0.186. The molecular weight excluding hydrogens is 368 g/mol. The smallest absolute Gasteiger partial charge is 0.243 e. The van der Waals surface area contributed by atoms with E-state index in [0.717, 1.165) is 11.5 Å². The number of ether oxygens (including phenoxy) is 2. The van der Waals surface area contributed by atoms with Crippen molar-refractivity contribution in [3.8, 4) is 11.5 Å². The summed E-state index contributed by atoms with van der Waals surface area (Å²) in [6, 6.07) is 6.87. The number of nitrogens with one attached hydrogen (secondary N) is 1. The summed E-state index contributed by atoms with van der Waals surface area (Å²) >= 11 is 0. The van der Waals surface area contributed by atoms with Gasteiger partial charge in [-0.3, -0.25) is 0 Å². The normalized spacial score (nSPS) is 18.3. The second-order valence-corrected chi connectivity index (χ2v) is 8.61. The van der Waals surface area contributed by atoms with Gasteiger partial charge in [-0.25, -0.2) is 18.4 Å². The lowest BCUT2D eigenvalue weighted by atomic mass is 10.1. The maximum absolute atomic E-state index is 13.0. The Labute approximate surface area is 158 Å². The van der Waals surface area contributed by atoms with Crippen molar-refractivity contribution < 1.29 is 17.9 Å². The quantitative estimate of drug-likeness (QED) is 0.851. The Morgan fingerprint density at radius 2 is 1.81 bits per heavy atom. The summed E-state index contributed by atoms with van der Waals surface area (Å²) in [6.07, 6.45) is 2.96. The number of fused-ring (bicyclic) bond motifs is 1. The molecule has 1 saturated heterocycles. The molecule has 0 spiro atoms. The van der Waals surface area contributed by atoms with Crippen LogP contribution >= 0.6 is 0 Å². The van der Waals surface area contributed by atoms with Gasteiger partial charge in [-0.15, -0.1) is 0 Å². The van der Waals surface area contributed by atoms with Crippen molar-refractivity contribution in [1.82, 2.24) is 14.3 Å². The molecule has 2 aliphatic rings. The lowest BCUT2D eigenvalue weighted by molar-refractivity contribution is 0.171. The molecule has 0 radical (unpaired) electrons. The zero-order valence-corrected chi connectivity index (χ0v) is 15.9. The summed E-state index contributed by atoms with van der Waals surface area (Å²) in [6.45, 7) is 3.73. The van der Waals surface area contributed by atoms with E-state index in [1.807, 2.05) is 13.0 Å². The van der Waals surface area contributed by atoms with Crippen LogP contribution in [0, 0.1) is 6.92 Å². The van der Waals surface area contributed by atoms with Gasteiger partial charge in [-0.05, 0) is 31.9 Å². The van der Waals surface area contributed by atoms with Gasteiger partial charge in [0.2, 0.25) is 10.0 Å². The molecule has 0 aliphatic carbocycles. The molecule has 1 fully saturated rings. The van der Waals surface area contributed by atoms with Crippen LogP contribution < -0.4 is 14.8 Å². The van der Waals surface area contributed by atoms with Crippen LogP contribution in [-0.4, -0.2) is 55.0 Å². The number of nitrogens with zero attached hydrogens (tertiary/aromatic N) is 3. The SMILES string of the molecule is Cc1cc(NC2CCN(S(=O)(=O)c3ccc4c(c3)OCCO4)CC2)ncn1. The summed E-state index contributed by atoms with van der Waals surface area (Å²) in [7, 11) is -3.55. The summed E-state index contributed by atoms with van der Waals surface area (Å²) in [5.41, 5.74) is 0.895. The van der Waals surface area contributed by atoms with Crippen molar-refractivity contribution in [2.45, 2.75) is 30.7 Å². The van der Waals surface area contributed by atoms with Gasteiger partial charge >= 0.3 is 0 Å². The highest BCUT2D eigenvalue weighted by molar-refractivity contribution is 7.89. The number of anilines is 1. The molecule has 3 heterocycles. The van der Waals surface area contributed by atoms with Crippen LogP contribution in [0.15, 0.2) is 35.5 Å². The Balaban J connectivity index is 1.42. The standard InChI is InChI=1S/C18H22N4O4S/c1-13-10-18(20-12-19-13)21-14-4-6-22(7-5-14)27(23,24)15-2-3-16-17(11-15)26-9-8-25-16/h2-3,10-12,14H,4-9H2,1H3,(H,19,20,21). The molecule has 0 atom stereocenters. The molecule has 1 aromatic heterocycles. The first-order valence-electron chi connectivity index (χ1n) is 8.97. The molecule has 0 bridgehead atoms. The number of aromatic nitrogens is 2. The van der Waals surface area contributed by atoms with Gasteiger partial charge in [0.15, 0.2) is 11.5 Å². The van der Waals surface area contributed by atoms with Gasteiger partial charge in [-0.1, -0.05) is 0 Å². The second kappa shape index (κ2) is 7.32. The van der Waals surface area contributed by atoms with Crippen LogP contribution in [0.5, 0.6) is 11.5 Å².